The third-order valence-electron chi connectivity index (χ3n) is 3.00. The molecule has 0 aromatic heterocycles. The van der Waals surface area contributed by atoms with Gasteiger partial charge >= 0.3 is 0 Å². The SMILES string of the molecule is COCCN(Cc1ccc(Br)cc1Cl)C(C)COC. The molecule has 0 spiro atoms. The zero-order valence-corrected chi connectivity index (χ0v) is 14.0. The lowest BCUT2D eigenvalue weighted by atomic mass is 10.2. The summed E-state index contributed by atoms with van der Waals surface area (Å²) in [5.41, 5.74) is 1.11. The van der Waals surface area contributed by atoms with Crippen LogP contribution in [0.4, 0.5) is 0 Å². The zero-order valence-electron chi connectivity index (χ0n) is 11.7. The molecule has 1 rings (SSSR count). The highest BCUT2D eigenvalue weighted by atomic mass is 79.9. The summed E-state index contributed by atoms with van der Waals surface area (Å²) in [5.74, 6) is 0. The third-order valence-corrected chi connectivity index (χ3v) is 3.85. The van der Waals surface area contributed by atoms with Crippen LogP contribution < -0.4 is 0 Å². The van der Waals surface area contributed by atoms with Gasteiger partial charge in [-0.15, -0.1) is 0 Å². The summed E-state index contributed by atoms with van der Waals surface area (Å²) >= 11 is 9.69. The summed E-state index contributed by atoms with van der Waals surface area (Å²) in [6, 6.07) is 6.30. The predicted octanol–water partition coefficient (Wildman–Crippen LogP) is 3.59. The van der Waals surface area contributed by atoms with Gasteiger partial charge in [-0.25, -0.2) is 0 Å². The molecular weight excluding hydrogens is 330 g/mol. The summed E-state index contributed by atoms with van der Waals surface area (Å²) in [6.07, 6.45) is 0. The molecular formula is C14H21BrClNO2. The van der Waals surface area contributed by atoms with Crippen LogP contribution in [0, 0.1) is 0 Å². The van der Waals surface area contributed by atoms with Gasteiger partial charge in [-0.2, -0.15) is 0 Å². The predicted molar refractivity (Wildman–Crippen MR) is 82.8 cm³/mol. The van der Waals surface area contributed by atoms with Crippen molar-refractivity contribution in [2.45, 2.75) is 19.5 Å². The lowest BCUT2D eigenvalue weighted by Crippen LogP contribution is -2.38. The van der Waals surface area contributed by atoms with Crippen LogP contribution in [-0.4, -0.2) is 44.9 Å². The minimum atomic E-state index is 0.319. The Kier molecular flexibility index (Phi) is 7.95. The van der Waals surface area contributed by atoms with Crippen molar-refractivity contribution in [2.24, 2.45) is 0 Å². The Balaban J connectivity index is 2.74. The van der Waals surface area contributed by atoms with Crippen LogP contribution in [0.15, 0.2) is 22.7 Å². The molecule has 1 aromatic rings. The van der Waals surface area contributed by atoms with Crippen LogP contribution in [0.25, 0.3) is 0 Å². The molecule has 1 unspecified atom stereocenters. The number of methoxy groups -OCH3 is 2. The molecule has 1 atom stereocenters. The van der Waals surface area contributed by atoms with Gasteiger partial charge in [0.2, 0.25) is 0 Å². The fourth-order valence-electron chi connectivity index (χ4n) is 1.88. The van der Waals surface area contributed by atoms with Gasteiger partial charge in [0.15, 0.2) is 0 Å². The second-order valence-corrected chi connectivity index (χ2v) is 5.83. The monoisotopic (exact) mass is 349 g/mol. The van der Waals surface area contributed by atoms with E-state index in [0.717, 1.165) is 28.1 Å². The Bertz CT molecular complexity index is 390. The van der Waals surface area contributed by atoms with E-state index in [1.807, 2.05) is 18.2 Å². The number of rotatable bonds is 8. The van der Waals surface area contributed by atoms with Gasteiger partial charge < -0.3 is 9.47 Å². The van der Waals surface area contributed by atoms with E-state index in [2.05, 4.69) is 27.8 Å². The van der Waals surface area contributed by atoms with Crippen molar-refractivity contribution < 1.29 is 9.47 Å². The highest BCUT2D eigenvalue weighted by Gasteiger charge is 2.15. The first-order valence-electron chi connectivity index (χ1n) is 6.24. The average molecular weight is 351 g/mol. The second kappa shape index (κ2) is 8.93. The van der Waals surface area contributed by atoms with Gasteiger partial charge in [0.05, 0.1) is 13.2 Å². The van der Waals surface area contributed by atoms with E-state index < -0.39 is 0 Å². The maximum Gasteiger partial charge on any atom is 0.0615 e. The van der Waals surface area contributed by atoms with Crippen LogP contribution in [0.5, 0.6) is 0 Å². The van der Waals surface area contributed by atoms with E-state index >= 15 is 0 Å². The first-order valence-corrected chi connectivity index (χ1v) is 7.41. The Morgan fingerprint density at radius 3 is 2.63 bits per heavy atom. The number of hydrogen-bond acceptors (Lipinski definition) is 3. The smallest absolute Gasteiger partial charge is 0.0615 e. The molecule has 0 aliphatic heterocycles. The van der Waals surface area contributed by atoms with Crippen molar-refractivity contribution in [3.8, 4) is 0 Å². The van der Waals surface area contributed by atoms with Crippen molar-refractivity contribution >= 4 is 27.5 Å². The molecule has 3 nitrogen and oxygen atoms in total. The molecule has 5 heteroatoms. The van der Waals surface area contributed by atoms with Gasteiger partial charge in [-0.05, 0) is 24.6 Å². The van der Waals surface area contributed by atoms with Crippen molar-refractivity contribution in [3.05, 3.63) is 33.3 Å². The van der Waals surface area contributed by atoms with Crippen LogP contribution >= 0.6 is 27.5 Å². The van der Waals surface area contributed by atoms with E-state index in [4.69, 9.17) is 21.1 Å². The van der Waals surface area contributed by atoms with Gasteiger partial charge in [0.25, 0.3) is 0 Å². The van der Waals surface area contributed by atoms with Gasteiger partial charge in [0.1, 0.15) is 0 Å². The highest BCUT2D eigenvalue weighted by Crippen LogP contribution is 2.23. The molecule has 0 saturated carbocycles. The van der Waals surface area contributed by atoms with Crippen molar-refractivity contribution in [1.82, 2.24) is 4.90 Å². The van der Waals surface area contributed by atoms with Crippen LogP contribution in [0.3, 0.4) is 0 Å². The van der Waals surface area contributed by atoms with E-state index in [9.17, 15) is 0 Å². The number of halogens is 2. The molecule has 0 fully saturated rings. The van der Waals surface area contributed by atoms with Crippen molar-refractivity contribution in [1.29, 1.82) is 0 Å². The first-order chi connectivity index (χ1) is 9.08. The van der Waals surface area contributed by atoms with Crippen molar-refractivity contribution in [3.63, 3.8) is 0 Å². The van der Waals surface area contributed by atoms with Gasteiger partial charge in [-0.3, -0.25) is 4.90 Å². The van der Waals surface area contributed by atoms with Crippen LogP contribution in [0.2, 0.25) is 5.02 Å². The molecule has 19 heavy (non-hydrogen) atoms. The lowest BCUT2D eigenvalue weighted by molar-refractivity contribution is 0.0705. The Morgan fingerprint density at radius 2 is 2.05 bits per heavy atom. The number of nitrogens with zero attached hydrogens (tertiary/aromatic N) is 1. The van der Waals surface area contributed by atoms with Gasteiger partial charge in [0, 0.05) is 42.8 Å². The fraction of sp³-hybridized carbons (Fsp3) is 0.571. The molecule has 0 aliphatic rings. The number of benzene rings is 1. The van der Waals surface area contributed by atoms with Crippen LogP contribution in [-0.2, 0) is 16.0 Å². The largest absolute Gasteiger partial charge is 0.383 e. The molecule has 0 amide bonds. The number of ether oxygens (including phenoxy) is 2. The molecule has 0 heterocycles. The van der Waals surface area contributed by atoms with E-state index in [-0.39, 0.29) is 0 Å². The number of hydrogen-bond donors (Lipinski definition) is 0. The highest BCUT2D eigenvalue weighted by molar-refractivity contribution is 9.10. The molecule has 0 N–H and O–H groups in total. The second-order valence-electron chi connectivity index (χ2n) is 4.50. The Morgan fingerprint density at radius 1 is 1.32 bits per heavy atom. The van der Waals surface area contributed by atoms with Gasteiger partial charge in [-0.1, -0.05) is 33.6 Å². The summed E-state index contributed by atoms with van der Waals surface area (Å²) in [5, 5.41) is 0.779. The van der Waals surface area contributed by atoms with E-state index in [0.29, 0.717) is 19.3 Å². The Hall–Kier alpha value is -0.130. The molecule has 0 saturated heterocycles. The zero-order chi connectivity index (χ0) is 14.3. The molecule has 108 valence electrons. The maximum absolute atomic E-state index is 6.27. The summed E-state index contributed by atoms with van der Waals surface area (Å²) in [7, 11) is 3.43. The minimum Gasteiger partial charge on any atom is -0.383 e. The Labute approximate surface area is 129 Å². The summed E-state index contributed by atoms with van der Waals surface area (Å²) in [6.45, 7) is 5.18. The fourth-order valence-corrected chi connectivity index (χ4v) is 2.61. The molecule has 0 aliphatic carbocycles. The normalized spacial score (nSPS) is 12.9. The lowest BCUT2D eigenvalue weighted by Gasteiger charge is -2.28. The first kappa shape index (κ1) is 16.9. The third kappa shape index (κ3) is 5.79. The average Bonchev–Trinajstić information content (AvgIpc) is 2.37. The topological polar surface area (TPSA) is 21.7 Å². The van der Waals surface area contributed by atoms with E-state index in [1.165, 1.54) is 0 Å². The van der Waals surface area contributed by atoms with E-state index in [1.54, 1.807) is 14.2 Å². The standard InChI is InChI=1S/C14H21BrClNO2/c1-11(10-19-3)17(6-7-18-2)9-12-4-5-13(15)8-14(12)16/h4-5,8,11H,6-7,9-10H2,1-3H3. The molecule has 0 bridgehead atoms. The van der Waals surface area contributed by atoms with Crippen LogP contribution in [0.1, 0.15) is 12.5 Å². The van der Waals surface area contributed by atoms with Crippen molar-refractivity contribution in [2.75, 3.05) is 34.0 Å². The molecule has 0 radical (unpaired) electrons. The quantitative estimate of drug-likeness (QED) is 0.715. The molecule has 1 aromatic carbocycles. The maximum atomic E-state index is 6.27. The summed E-state index contributed by atoms with van der Waals surface area (Å²) in [4.78, 5) is 2.31. The minimum absolute atomic E-state index is 0.319. The summed E-state index contributed by atoms with van der Waals surface area (Å²) < 4.78 is 11.4.